The second-order valence-electron chi connectivity index (χ2n) is 6.03. The van der Waals surface area contributed by atoms with Crippen LogP contribution < -0.4 is 11.1 Å². The molecule has 128 valence electrons. The third-order valence-corrected chi connectivity index (χ3v) is 4.32. The Morgan fingerprint density at radius 2 is 1.79 bits per heavy atom. The number of amides is 1. The van der Waals surface area contributed by atoms with E-state index in [-0.39, 0.29) is 18.3 Å². The molecule has 5 heteroatoms. The van der Waals surface area contributed by atoms with E-state index in [1.165, 1.54) is 11.1 Å². The molecule has 1 amide bonds. The lowest BCUT2D eigenvalue weighted by molar-refractivity contribution is 0.0951. The number of rotatable bonds is 5. The van der Waals surface area contributed by atoms with Gasteiger partial charge in [-0.05, 0) is 48.2 Å². The van der Waals surface area contributed by atoms with Gasteiger partial charge in [0.25, 0.3) is 5.91 Å². The molecule has 0 fully saturated rings. The topological polar surface area (TPSA) is 58.4 Å². The maximum Gasteiger partial charge on any atom is 0.251 e. The van der Waals surface area contributed by atoms with Crippen molar-refractivity contribution in [1.29, 1.82) is 0 Å². The summed E-state index contributed by atoms with van der Waals surface area (Å²) in [6.07, 6.45) is 2.08. The first-order valence-electron chi connectivity index (χ1n) is 8.15. The van der Waals surface area contributed by atoms with Crippen molar-refractivity contribution in [2.45, 2.75) is 19.4 Å². The average molecular weight is 346 g/mol. The minimum absolute atomic E-state index is 0. The largest absolute Gasteiger partial charge is 0.399 e. The summed E-state index contributed by atoms with van der Waals surface area (Å²) in [6.45, 7) is 3.82. The van der Waals surface area contributed by atoms with Crippen LogP contribution in [0, 0.1) is 0 Å². The lowest BCUT2D eigenvalue weighted by Crippen LogP contribution is -2.33. The first-order chi connectivity index (χ1) is 11.2. The number of nitrogens with one attached hydrogen (secondary N) is 1. The molecule has 1 heterocycles. The maximum absolute atomic E-state index is 12.0. The molecule has 0 atom stereocenters. The van der Waals surface area contributed by atoms with Gasteiger partial charge in [0.2, 0.25) is 0 Å². The molecule has 0 saturated heterocycles. The number of carbonyl (C=O) groups excluding carboxylic acids is 1. The van der Waals surface area contributed by atoms with Crippen LogP contribution in [0.15, 0.2) is 48.5 Å². The Morgan fingerprint density at radius 1 is 1.08 bits per heavy atom. The molecule has 0 unspecified atom stereocenters. The number of carbonyl (C=O) groups is 1. The molecular formula is C19H24ClN3O. The van der Waals surface area contributed by atoms with Crippen LogP contribution in [0.4, 0.5) is 5.69 Å². The smallest absolute Gasteiger partial charge is 0.251 e. The van der Waals surface area contributed by atoms with Gasteiger partial charge < -0.3 is 11.1 Å². The van der Waals surface area contributed by atoms with Crippen molar-refractivity contribution >= 4 is 24.0 Å². The molecule has 2 aromatic carbocycles. The highest BCUT2D eigenvalue weighted by atomic mass is 35.5. The highest BCUT2D eigenvalue weighted by molar-refractivity contribution is 5.94. The summed E-state index contributed by atoms with van der Waals surface area (Å²) in [7, 11) is 0. The van der Waals surface area contributed by atoms with Crippen molar-refractivity contribution in [2.24, 2.45) is 0 Å². The highest BCUT2D eigenvalue weighted by Crippen LogP contribution is 2.18. The summed E-state index contributed by atoms with van der Waals surface area (Å²) < 4.78 is 0. The second kappa shape index (κ2) is 8.71. The molecule has 0 aromatic heterocycles. The summed E-state index contributed by atoms with van der Waals surface area (Å²) in [5.41, 5.74) is 9.87. The van der Waals surface area contributed by atoms with Crippen LogP contribution in [0.2, 0.25) is 0 Å². The Hall–Kier alpha value is -2.04. The van der Waals surface area contributed by atoms with Crippen molar-refractivity contribution in [3.05, 3.63) is 65.2 Å². The van der Waals surface area contributed by atoms with Gasteiger partial charge >= 0.3 is 0 Å². The van der Waals surface area contributed by atoms with Gasteiger partial charge in [-0.2, -0.15) is 0 Å². The van der Waals surface area contributed by atoms with Crippen LogP contribution in [-0.2, 0) is 13.0 Å². The SMILES string of the molecule is Cl.Nc1ccc(C(=O)NCCCN2CCc3ccccc3C2)cc1. The summed E-state index contributed by atoms with van der Waals surface area (Å²) in [5, 5.41) is 2.97. The van der Waals surface area contributed by atoms with Gasteiger partial charge in [0.05, 0.1) is 0 Å². The standard InChI is InChI=1S/C19H23N3O.ClH/c20-18-8-6-16(7-9-18)19(23)21-11-3-12-22-13-10-15-4-1-2-5-17(15)14-22;/h1-2,4-9H,3,10-14,20H2,(H,21,23);1H. The number of halogens is 1. The fraction of sp³-hybridized carbons (Fsp3) is 0.316. The number of nitrogens with two attached hydrogens (primary N) is 1. The molecule has 0 aliphatic carbocycles. The number of hydrogen-bond acceptors (Lipinski definition) is 3. The van der Waals surface area contributed by atoms with Crippen LogP contribution >= 0.6 is 12.4 Å². The molecule has 0 saturated carbocycles. The van der Waals surface area contributed by atoms with Gasteiger partial charge in [-0.15, -0.1) is 12.4 Å². The predicted molar refractivity (Wildman–Crippen MR) is 100 cm³/mol. The molecule has 0 spiro atoms. The van der Waals surface area contributed by atoms with Crippen LogP contribution in [0.3, 0.4) is 0 Å². The average Bonchev–Trinajstić information content (AvgIpc) is 2.59. The fourth-order valence-electron chi connectivity index (χ4n) is 2.99. The quantitative estimate of drug-likeness (QED) is 0.647. The Kier molecular flexibility index (Phi) is 6.64. The van der Waals surface area contributed by atoms with Crippen LogP contribution in [0.1, 0.15) is 27.9 Å². The Balaban J connectivity index is 0.00000208. The zero-order valence-electron chi connectivity index (χ0n) is 13.7. The predicted octanol–water partition coefficient (Wildman–Crippen LogP) is 2.87. The molecule has 24 heavy (non-hydrogen) atoms. The van der Waals surface area contributed by atoms with E-state index in [0.717, 1.165) is 32.5 Å². The van der Waals surface area contributed by atoms with Crippen LogP contribution in [0.5, 0.6) is 0 Å². The number of anilines is 1. The maximum atomic E-state index is 12.0. The lowest BCUT2D eigenvalue weighted by atomic mass is 10.00. The summed E-state index contributed by atoms with van der Waals surface area (Å²) in [4.78, 5) is 14.5. The van der Waals surface area contributed by atoms with Crippen molar-refractivity contribution in [3.8, 4) is 0 Å². The van der Waals surface area contributed by atoms with E-state index in [1.807, 2.05) is 0 Å². The van der Waals surface area contributed by atoms with Crippen molar-refractivity contribution in [1.82, 2.24) is 10.2 Å². The zero-order chi connectivity index (χ0) is 16.1. The molecule has 0 bridgehead atoms. The van der Waals surface area contributed by atoms with Crippen molar-refractivity contribution in [3.63, 3.8) is 0 Å². The van der Waals surface area contributed by atoms with Gasteiger partial charge in [-0.25, -0.2) is 0 Å². The molecule has 0 radical (unpaired) electrons. The monoisotopic (exact) mass is 345 g/mol. The molecule has 1 aliphatic heterocycles. The van der Waals surface area contributed by atoms with E-state index in [9.17, 15) is 4.79 Å². The first kappa shape index (κ1) is 18.3. The molecule has 3 rings (SSSR count). The first-order valence-corrected chi connectivity index (χ1v) is 8.15. The number of hydrogen-bond donors (Lipinski definition) is 2. The van der Waals surface area contributed by atoms with E-state index in [2.05, 4.69) is 34.5 Å². The second-order valence-corrected chi connectivity index (χ2v) is 6.03. The van der Waals surface area contributed by atoms with Gasteiger partial charge in [0.1, 0.15) is 0 Å². The zero-order valence-corrected chi connectivity index (χ0v) is 14.5. The minimum atomic E-state index is -0.0333. The summed E-state index contributed by atoms with van der Waals surface area (Å²) >= 11 is 0. The molecule has 3 N–H and O–H groups in total. The minimum Gasteiger partial charge on any atom is -0.399 e. The van der Waals surface area contributed by atoms with Gasteiger partial charge in [0.15, 0.2) is 0 Å². The third kappa shape index (κ3) is 4.73. The van der Waals surface area contributed by atoms with E-state index in [1.54, 1.807) is 24.3 Å². The van der Waals surface area contributed by atoms with Gasteiger partial charge in [0, 0.05) is 37.4 Å². The summed E-state index contributed by atoms with van der Waals surface area (Å²) in [6, 6.07) is 15.7. The van der Waals surface area contributed by atoms with Gasteiger partial charge in [-0.1, -0.05) is 24.3 Å². The molecule has 2 aromatic rings. The van der Waals surface area contributed by atoms with E-state index >= 15 is 0 Å². The molecule has 1 aliphatic rings. The van der Waals surface area contributed by atoms with E-state index < -0.39 is 0 Å². The van der Waals surface area contributed by atoms with Crippen molar-refractivity contribution < 1.29 is 4.79 Å². The number of nitrogen functional groups attached to an aromatic ring is 1. The van der Waals surface area contributed by atoms with Crippen LogP contribution in [-0.4, -0.2) is 30.4 Å². The highest BCUT2D eigenvalue weighted by Gasteiger charge is 2.15. The van der Waals surface area contributed by atoms with E-state index in [4.69, 9.17) is 5.73 Å². The van der Waals surface area contributed by atoms with Crippen molar-refractivity contribution in [2.75, 3.05) is 25.4 Å². The fourth-order valence-corrected chi connectivity index (χ4v) is 2.99. The van der Waals surface area contributed by atoms with Gasteiger partial charge in [-0.3, -0.25) is 9.69 Å². The molecule has 4 nitrogen and oxygen atoms in total. The lowest BCUT2D eigenvalue weighted by Gasteiger charge is -2.28. The third-order valence-electron chi connectivity index (χ3n) is 4.32. The number of nitrogens with zero attached hydrogens (tertiary/aromatic N) is 1. The van der Waals surface area contributed by atoms with Crippen LogP contribution in [0.25, 0.3) is 0 Å². The van der Waals surface area contributed by atoms with E-state index in [0.29, 0.717) is 17.8 Å². The number of benzene rings is 2. The summed E-state index contributed by atoms with van der Waals surface area (Å²) in [5.74, 6) is -0.0333. The number of fused-ring (bicyclic) bond motifs is 1. The Bertz CT molecular complexity index is 673. The normalized spacial score (nSPS) is 13.7. The Labute approximate surface area is 149 Å². The molecular weight excluding hydrogens is 322 g/mol. The Morgan fingerprint density at radius 3 is 2.54 bits per heavy atom.